The Balaban J connectivity index is 1.94. The van der Waals surface area contributed by atoms with Gasteiger partial charge < -0.3 is 10.2 Å². The van der Waals surface area contributed by atoms with Crippen molar-refractivity contribution in [1.82, 2.24) is 10.2 Å². The van der Waals surface area contributed by atoms with Gasteiger partial charge in [0.15, 0.2) is 0 Å². The molecule has 0 aliphatic carbocycles. The van der Waals surface area contributed by atoms with Crippen molar-refractivity contribution in [3.05, 3.63) is 0 Å². The molecule has 2 fully saturated rings. The molecule has 0 unspecified atom stereocenters. The predicted molar refractivity (Wildman–Crippen MR) is 55.9 cm³/mol. The molecule has 13 heavy (non-hydrogen) atoms. The van der Waals surface area contributed by atoms with Crippen LogP contribution < -0.4 is 5.32 Å². The first-order valence-electron chi connectivity index (χ1n) is 5.67. The second-order valence-electron chi connectivity index (χ2n) is 5.06. The Hall–Kier alpha value is -0.0800. The molecular formula is C11H22N2. The van der Waals surface area contributed by atoms with Crippen LogP contribution in [0.25, 0.3) is 0 Å². The average molecular weight is 182 g/mol. The van der Waals surface area contributed by atoms with Crippen molar-refractivity contribution in [3.63, 3.8) is 0 Å². The van der Waals surface area contributed by atoms with Crippen LogP contribution in [0, 0.1) is 5.41 Å². The maximum atomic E-state index is 3.46. The van der Waals surface area contributed by atoms with Crippen molar-refractivity contribution in [2.75, 3.05) is 26.2 Å². The third-order valence-electron chi connectivity index (χ3n) is 3.86. The summed E-state index contributed by atoms with van der Waals surface area (Å²) in [5.74, 6) is 0. The summed E-state index contributed by atoms with van der Waals surface area (Å²) in [4.78, 5) is 2.64. The van der Waals surface area contributed by atoms with Gasteiger partial charge in [0.1, 0.15) is 0 Å². The molecule has 0 bridgehead atoms. The monoisotopic (exact) mass is 182 g/mol. The second-order valence-corrected chi connectivity index (χ2v) is 5.06. The topological polar surface area (TPSA) is 15.3 Å². The van der Waals surface area contributed by atoms with Crippen LogP contribution in [0.4, 0.5) is 0 Å². The molecule has 2 saturated heterocycles. The van der Waals surface area contributed by atoms with Crippen LogP contribution in [0.3, 0.4) is 0 Å². The van der Waals surface area contributed by atoms with Gasteiger partial charge in [-0.15, -0.1) is 0 Å². The normalized spacial score (nSPS) is 28.8. The minimum absolute atomic E-state index is 0.690. The van der Waals surface area contributed by atoms with Gasteiger partial charge >= 0.3 is 0 Å². The molecule has 1 N–H and O–H groups in total. The Morgan fingerprint density at radius 1 is 1.15 bits per heavy atom. The summed E-state index contributed by atoms with van der Waals surface area (Å²) in [5, 5.41) is 3.46. The lowest BCUT2D eigenvalue weighted by molar-refractivity contribution is 0.180. The molecule has 0 aromatic heterocycles. The van der Waals surface area contributed by atoms with Gasteiger partial charge in [0.2, 0.25) is 0 Å². The highest BCUT2D eigenvalue weighted by Crippen LogP contribution is 2.39. The summed E-state index contributed by atoms with van der Waals surface area (Å²) < 4.78 is 0. The van der Waals surface area contributed by atoms with E-state index in [4.69, 9.17) is 0 Å². The zero-order valence-electron chi connectivity index (χ0n) is 8.97. The van der Waals surface area contributed by atoms with Gasteiger partial charge in [-0.1, -0.05) is 0 Å². The van der Waals surface area contributed by atoms with Gasteiger partial charge in [-0.05, 0) is 58.2 Å². The number of hydrogen-bond acceptors (Lipinski definition) is 2. The van der Waals surface area contributed by atoms with Crippen molar-refractivity contribution in [1.29, 1.82) is 0 Å². The Bertz CT molecular complexity index is 171. The van der Waals surface area contributed by atoms with Gasteiger partial charge in [-0.3, -0.25) is 0 Å². The summed E-state index contributed by atoms with van der Waals surface area (Å²) in [5.41, 5.74) is 0.690. The van der Waals surface area contributed by atoms with Crippen molar-refractivity contribution < 1.29 is 0 Å². The van der Waals surface area contributed by atoms with Crippen LogP contribution in [0.15, 0.2) is 0 Å². The third-order valence-corrected chi connectivity index (χ3v) is 3.86. The molecule has 0 aromatic carbocycles. The summed E-state index contributed by atoms with van der Waals surface area (Å²) in [6.45, 7) is 9.81. The van der Waals surface area contributed by atoms with Crippen molar-refractivity contribution in [2.24, 2.45) is 5.41 Å². The highest BCUT2D eigenvalue weighted by atomic mass is 15.2. The fraction of sp³-hybridized carbons (Fsp3) is 1.00. The van der Waals surface area contributed by atoms with Crippen LogP contribution in [0.5, 0.6) is 0 Å². The number of hydrogen-bond donors (Lipinski definition) is 1. The zero-order valence-corrected chi connectivity index (χ0v) is 8.97. The van der Waals surface area contributed by atoms with E-state index in [0.717, 1.165) is 6.04 Å². The molecule has 0 radical (unpaired) electrons. The van der Waals surface area contributed by atoms with Crippen molar-refractivity contribution in [2.45, 2.75) is 39.2 Å². The van der Waals surface area contributed by atoms with Gasteiger partial charge in [-0.25, -0.2) is 0 Å². The number of nitrogens with zero attached hydrogens (tertiary/aromatic N) is 1. The van der Waals surface area contributed by atoms with Gasteiger partial charge in [0, 0.05) is 12.6 Å². The molecule has 2 rings (SSSR count). The van der Waals surface area contributed by atoms with E-state index in [9.17, 15) is 0 Å². The maximum Gasteiger partial charge on any atom is 0.00421 e. The number of piperidine rings is 1. The smallest absolute Gasteiger partial charge is 0.00421 e. The van der Waals surface area contributed by atoms with Crippen LogP contribution >= 0.6 is 0 Å². The van der Waals surface area contributed by atoms with Crippen molar-refractivity contribution >= 4 is 0 Å². The molecule has 0 saturated carbocycles. The van der Waals surface area contributed by atoms with Gasteiger partial charge in [0.25, 0.3) is 0 Å². The van der Waals surface area contributed by atoms with Crippen LogP contribution in [-0.2, 0) is 0 Å². The van der Waals surface area contributed by atoms with E-state index in [1.807, 2.05) is 0 Å². The number of nitrogens with one attached hydrogen (secondary N) is 1. The van der Waals surface area contributed by atoms with E-state index in [-0.39, 0.29) is 0 Å². The van der Waals surface area contributed by atoms with E-state index in [2.05, 4.69) is 24.1 Å². The minimum atomic E-state index is 0.690. The first-order chi connectivity index (χ1) is 6.22. The molecule has 2 heteroatoms. The summed E-state index contributed by atoms with van der Waals surface area (Å²) in [7, 11) is 0. The van der Waals surface area contributed by atoms with Gasteiger partial charge in [0.05, 0.1) is 0 Å². The fourth-order valence-electron chi connectivity index (χ4n) is 2.78. The lowest BCUT2D eigenvalue weighted by Gasteiger charge is -2.34. The van der Waals surface area contributed by atoms with E-state index < -0.39 is 0 Å². The lowest BCUT2D eigenvalue weighted by atomic mass is 9.78. The van der Waals surface area contributed by atoms with E-state index in [1.54, 1.807) is 0 Å². The van der Waals surface area contributed by atoms with Crippen LogP contribution in [-0.4, -0.2) is 37.1 Å². The van der Waals surface area contributed by atoms with E-state index in [0.29, 0.717) is 5.41 Å². The summed E-state index contributed by atoms with van der Waals surface area (Å²) in [6.07, 6.45) is 4.24. The second kappa shape index (κ2) is 3.58. The third kappa shape index (κ3) is 1.89. The fourth-order valence-corrected chi connectivity index (χ4v) is 2.78. The largest absolute Gasteiger partial charge is 0.317 e. The number of rotatable bonds is 1. The van der Waals surface area contributed by atoms with E-state index in [1.165, 1.54) is 45.4 Å². The Labute approximate surface area is 81.7 Å². The highest BCUT2D eigenvalue weighted by Gasteiger charge is 2.39. The molecule has 2 nitrogen and oxygen atoms in total. The summed E-state index contributed by atoms with van der Waals surface area (Å²) in [6, 6.07) is 0.745. The zero-order chi connectivity index (χ0) is 9.31. The Kier molecular flexibility index (Phi) is 2.61. The average Bonchev–Trinajstić information content (AvgIpc) is 2.51. The Morgan fingerprint density at radius 2 is 1.85 bits per heavy atom. The highest BCUT2D eigenvalue weighted by molar-refractivity contribution is 4.93. The minimum Gasteiger partial charge on any atom is -0.317 e. The summed E-state index contributed by atoms with van der Waals surface area (Å²) >= 11 is 0. The Morgan fingerprint density at radius 3 is 2.38 bits per heavy atom. The SMILES string of the molecule is CC(C)N1CCC2(CCNCC2)C1. The first-order valence-corrected chi connectivity index (χ1v) is 5.67. The maximum absolute atomic E-state index is 3.46. The molecule has 2 aliphatic heterocycles. The van der Waals surface area contributed by atoms with Crippen LogP contribution in [0.2, 0.25) is 0 Å². The van der Waals surface area contributed by atoms with E-state index >= 15 is 0 Å². The van der Waals surface area contributed by atoms with Crippen LogP contribution in [0.1, 0.15) is 33.1 Å². The molecule has 2 heterocycles. The molecule has 0 atom stereocenters. The molecular weight excluding hydrogens is 160 g/mol. The molecule has 1 spiro atoms. The standard InChI is InChI=1S/C11H22N2/c1-10(2)13-8-5-11(9-13)3-6-12-7-4-11/h10,12H,3-9H2,1-2H3. The first kappa shape index (κ1) is 9.47. The number of likely N-dealkylation sites (tertiary alicyclic amines) is 1. The molecule has 0 amide bonds. The lowest BCUT2D eigenvalue weighted by Crippen LogP contribution is -2.39. The molecule has 76 valence electrons. The molecule has 0 aromatic rings. The quantitative estimate of drug-likeness (QED) is 0.660. The molecule has 2 aliphatic rings. The predicted octanol–water partition coefficient (Wildman–Crippen LogP) is 1.47. The van der Waals surface area contributed by atoms with Gasteiger partial charge in [-0.2, -0.15) is 0 Å². The van der Waals surface area contributed by atoms with Crippen molar-refractivity contribution in [3.8, 4) is 0 Å².